The van der Waals surface area contributed by atoms with Gasteiger partial charge < -0.3 is 15.3 Å². The molecule has 0 amide bonds. The van der Waals surface area contributed by atoms with Gasteiger partial charge in [0.05, 0.1) is 0 Å². The number of carboxylic acids is 1. The molecule has 1 aromatic carbocycles. The van der Waals surface area contributed by atoms with Gasteiger partial charge >= 0.3 is 5.97 Å². The highest BCUT2D eigenvalue weighted by Gasteiger charge is 2.07. The summed E-state index contributed by atoms with van der Waals surface area (Å²) in [6, 6.07) is 4.23. The fourth-order valence-electron chi connectivity index (χ4n) is 1.44. The minimum atomic E-state index is -0.953. The average molecular weight is 236 g/mol. The van der Waals surface area contributed by atoms with Crippen LogP contribution in [0.1, 0.15) is 31.7 Å². The normalized spacial score (nSPS) is 11.5. The Balaban J connectivity index is 2.95. The number of phenolic OH excluding ortho intramolecular Hbond substituents is 2. The third-order valence-corrected chi connectivity index (χ3v) is 2.41. The van der Waals surface area contributed by atoms with Gasteiger partial charge in [-0.15, -0.1) is 0 Å². The van der Waals surface area contributed by atoms with Gasteiger partial charge in [0, 0.05) is 5.57 Å². The molecule has 0 radical (unpaired) electrons. The van der Waals surface area contributed by atoms with Crippen LogP contribution in [-0.4, -0.2) is 21.3 Å². The number of hydrogen-bond acceptors (Lipinski definition) is 3. The number of benzene rings is 1. The SMILES string of the molecule is CCCC/C(=C\c1ccc(O)c(O)c1)C(=O)O. The second kappa shape index (κ2) is 5.94. The van der Waals surface area contributed by atoms with Crippen molar-refractivity contribution in [1.82, 2.24) is 0 Å². The Labute approximate surface area is 99.8 Å². The third-order valence-electron chi connectivity index (χ3n) is 2.41. The first-order chi connectivity index (χ1) is 8.04. The van der Waals surface area contributed by atoms with E-state index in [9.17, 15) is 9.90 Å². The van der Waals surface area contributed by atoms with Gasteiger partial charge in [-0.25, -0.2) is 4.79 Å². The standard InChI is InChI=1S/C13H16O4/c1-2-3-4-10(13(16)17)7-9-5-6-11(14)12(15)8-9/h5-8,14-15H,2-4H2,1H3,(H,16,17)/b10-7+. The Hall–Kier alpha value is -1.97. The van der Waals surface area contributed by atoms with E-state index >= 15 is 0 Å². The Morgan fingerprint density at radius 3 is 2.53 bits per heavy atom. The number of carboxylic acid groups (broad SMARTS) is 1. The number of hydrogen-bond donors (Lipinski definition) is 3. The van der Waals surface area contributed by atoms with E-state index in [1.807, 2.05) is 6.92 Å². The molecular weight excluding hydrogens is 220 g/mol. The molecule has 0 aliphatic carbocycles. The summed E-state index contributed by atoms with van der Waals surface area (Å²) in [5, 5.41) is 27.4. The van der Waals surface area contributed by atoms with Crippen molar-refractivity contribution in [1.29, 1.82) is 0 Å². The number of phenols is 2. The summed E-state index contributed by atoms with van der Waals surface area (Å²) in [4.78, 5) is 11.0. The van der Waals surface area contributed by atoms with Crippen molar-refractivity contribution in [2.75, 3.05) is 0 Å². The summed E-state index contributed by atoms with van der Waals surface area (Å²) < 4.78 is 0. The van der Waals surface area contributed by atoms with Crippen LogP contribution in [0.3, 0.4) is 0 Å². The van der Waals surface area contributed by atoms with Gasteiger partial charge in [-0.05, 0) is 36.6 Å². The fraction of sp³-hybridized carbons (Fsp3) is 0.308. The maximum absolute atomic E-state index is 11.0. The molecule has 0 heterocycles. The number of unbranched alkanes of at least 4 members (excludes halogenated alkanes) is 1. The van der Waals surface area contributed by atoms with Crippen molar-refractivity contribution in [3.05, 3.63) is 29.3 Å². The molecule has 92 valence electrons. The molecule has 0 saturated carbocycles. The van der Waals surface area contributed by atoms with E-state index < -0.39 is 5.97 Å². The molecule has 0 aromatic heterocycles. The summed E-state index contributed by atoms with van der Waals surface area (Å²) in [7, 11) is 0. The smallest absolute Gasteiger partial charge is 0.331 e. The Morgan fingerprint density at radius 1 is 1.29 bits per heavy atom. The van der Waals surface area contributed by atoms with Gasteiger partial charge in [-0.1, -0.05) is 19.4 Å². The molecule has 0 atom stereocenters. The Kier molecular flexibility index (Phi) is 4.57. The van der Waals surface area contributed by atoms with E-state index in [1.54, 1.807) is 6.07 Å². The highest BCUT2D eigenvalue weighted by Crippen LogP contribution is 2.26. The number of aliphatic carboxylic acids is 1. The van der Waals surface area contributed by atoms with E-state index in [0.717, 1.165) is 12.8 Å². The van der Waals surface area contributed by atoms with E-state index in [2.05, 4.69) is 0 Å². The predicted octanol–water partition coefficient (Wildman–Crippen LogP) is 2.76. The molecule has 1 rings (SSSR count). The van der Waals surface area contributed by atoms with Crippen LogP contribution in [0.4, 0.5) is 0 Å². The Morgan fingerprint density at radius 2 is 2.00 bits per heavy atom. The van der Waals surface area contributed by atoms with Gasteiger partial charge in [0.25, 0.3) is 0 Å². The lowest BCUT2D eigenvalue weighted by atomic mass is 10.1. The van der Waals surface area contributed by atoms with Crippen LogP contribution < -0.4 is 0 Å². The van der Waals surface area contributed by atoms with E-state index in [-0.39, 0.29) is 11.5 Å². The van der Waals surface area contributed by atoms with Crippen LogP contribution >= 0.6 is 0 Å². The lowest BCUT2D eigenvalue weighted by Gasteiger charge is -2.03. The molecule has 0 aliphatic heterocycles. The van der Waals surface area contributed by atoms with E-state index in [1.165, 1.54) is 18.2 Å². The van der Waals surface area contributed by atoms with Crippen LogP contribution in [0.5, 0.6) is 11.5 Å². The van der Waals surface area contributed by atoms with Crippen LogP contribution in [0.2, 0.25) is 0 Å². The molecule has 0 unspecified atom stereocenters. The predicted molar refractivity (Wildman–Crippen MR) is 64.9 cm³/mol. The molecule has 0 fully saturated rings. The molecule has 4 nitrogen and oxygen atoms in total. The highest BCUT2D eigenvalue weighted by molar-refractivity contribution is 5.92. The molecular formula is C13H16O4. The quantitative estimate of drug-likeness (QED) is 0.542. The largest absolute Gasteiger partial charge is 0.504 e. The zero-order valence-corrected chi connectivity index (χ0v) is 9.68. The van der Waals surface area contributed by atoms with Crippen molar-refractivity contribution in [2.24, 2.45) is 0 Å². The monoisotopic (exact) mass is 236 g/mol. The van der Waals surface area contributed by atoms with Gasteiger partial charge in [0.1, 0.15) is 0 Å². The second-order valence-corrected chi connectivity index (χ2v) is 3.83. The number of rotatable bonds is 5. The molecule has 1 aromatic rings. The number of carbonyl (C=O) groups is 1. The van der Waals surface area contributed by atoms with Crippen molar-refractivity contribution in [3.63, 3.8) is 0 Å². The summed E-state index contributed by atoms with van der Waals surface area (Å²) in [5.41, 5.74) is 0.866. The van der Waals surface area contributed by atoms with Crippen LogP contribution in [0.15, 0.2) is 23.8 Å². The minimum absolute atomic E-state index is 0.215. The summed E-state index contributed by atoms with van der Waals surface area (Å²) in [6.45, 7) is 1.99. The zero-order valence-electron chi connectivity index (χ0n) is 9.68. The van der Waals surface area contributed by atoms with Crippen molar-refractivity contribution < 1.29 is 20.1 Å². The maximum atomic E-state index is 11.0. The van der Waals surface area contributed by atoms with Gasteiger partial charge in [-0.2, -0.15) is 0 Å². The van der Waals surface area contributed by atoms with Gasteiger partial charge in [0.15, 0.2) is 11.5 Å². The fourth-order valence-corrected chi connectivity index (χ4v) is 1.44. The zero-order chi connectivity index (χ0) is 12.8. The van der Waals surface area contributed by atoms with Crippen LogP contribution in [-0.2, 0) is 4.79 Å². The first kappa shape index (κ1) is 13.1. The first-order valence-corrected chi connectivity index (χ1v) is 5.50. The maximum Gasteiger partial charge on any atom is 0.331 e. The van der Waals surface area contributed by atoms with E-state index in [0.29, 0.717) is 17.6 Å². The molecule has 0 aliphatic rings. The Bertz CT molecular complexity index is 435. The van der Waals surface area contributed by atoms with Crippen LogP contribution in [0, 0.1) is 0 Å². The minimum Gasteiger partial charge on any atom is -0.504 e. The van der Waals surface area contributed by atoms with Gasteiger partial charge in [-0.3, -0.25) is 0 Å². The lowest BCUT2D eigenvalue weighted by Crippen LogP contribution is -2.00. The molecule has 0 saturated heterocycles. The summed E-state index contributed by atoms with van der Waals surface area (Å²) in [6.07, 6.45) is 3.73. The number of aromatic hydroxyl groups is 2. The van der Waals surface area contributed by atoms with Crippen molar-refractivity contribution in [2.45, 2.75) is 26.2 Å². The topological polar surface area (TPSA) is 77.8 Å². The second-order valence-electron chi connectivity index (χ2n) is 3.83. The lowest BCUT2D eigenvalue weighted by molar-refractivity contribution is -0.132. The van der Waals surface area contributed by atoms with Gasteiger partial charge in [0.2, 0.25) is 0 Å². The molecule has 4 heteroatoms. The molecule has 0 spiro atoms. The molecule has 3 N–H and O–H groups in total. The van der Waals surface area contributed by atoms with Crippen LogP contribution in [0.25, 0.3) is 6.08 Å². The summed E-state index contributed by atoms with van der Waals surface area (Å²) in [5.74, 6) is -1.42. The molecule has 17 heavy (non-hydrogen) atoms. The first-order valence-electron chi connectivity index (χ1n) is 5.50. The van der Waals surface area contributed by atoms with Crippen molar-refractivity contribution >= 4 is 12.0 Å². The molecule has 0 bridgehead atoms. The third kappa shape index (κ3) is 3.83. The average Bonchev–Trinajstić information content (AvgIpc) is 2.28. The van der Waals surface area contributed by atoms with E-state index in [4.69, 9.17) is 10.2 Å². The summed E-state index contributed by atoms with van der Waals surface area (Å²) >= 11 is 0. The highest BCUT2D eigenvalue weighted by atomic mass is 16.4. The van der Waals surface area contributed by atoms with Crippen molar-refractivity contribution in [3.8, 4) is 11.5 Å².